The van der Waals surface area contributed by atoms with E-state index in [1.165, 1.54) is 17.8 Å². The number of aliphatic hydroxyl groups is 1. The van der Waals surface area contributed by atoms with Gasteiger partial charge in [-0.2, -0.15) is 0 Å². The van der Waals surface area contributed by atoms with Gasteiger partial charge in [-0.1, -0.05) is 30.0 Å². The highest BCUT2D eigenvalue weighted by Crippen LogP contribution is 2.18. The molecule has 0 unspecified atom stereocenters. The molecule has 1 aliphatic heterocycles. The van der Waals surface area contributed by atoms with Gasteiger partial charge in [0.25, 0.3) is 5.91 Å². The Morgan fingerprint density at radius 1 is 1.40 bits per heavy atom. The zero-order chi connectivity index (χ0) is 17.6. The van der Waals surface area contributed by atoms with Crippen LogP contribution in [0.15, 0.2) is 41.5 Å². The number of nitrogens with one attached hydrogen (secondary N) is 3. The first-order valence-corrected chi connectivity index (χ1v) is 8.79. The van der Waals surface area contributed by atoms with Crippen LogP contribution in [-0.2, 0) is 9.59 Å². The Hall–Kier alpha value is -2.58. The van der Waals surface area contributed by atoms with E-state index in [1.807, 2.05) is 24.3 Å². The summed E-state index contributed by atoms with van der Waals surface area (Å²) >= 11 is 1.43. The molecule has 4 N–H and O–H groups in total. The summed E-state index contributed by atoms with van der Waals surface area (Å²) in [6.07, 6.45) is 4.81. The fraction of sp³-hybridized carbons (Fsp3) is 0.235. The van der Waals surface area contributed by atoms with Gasteiger partial charge in [-0.3, -0.25) is 14.6 Å². The van der Waals surface area contributed by atoms with Gasteiger partial charge in [0.2, 0.25) is 5.91 Å². The smallest absolute Gasteiger partial charge is 0.250 e. The van der Waals surface area contributed by atoms with Crippen molar-refractivity contribution in [2.45, 2.75) is 6.04 Å². The van der Waals surface area contributed by atoms with Crippen LogP contribution < -0.4 is 10.6 Å². The molecule has 25 heavy (non-hydrogen) atoms. The van der Waals surface area contributed by atoms with E-state index >= 15 is 0 Å². The van der Waals surface area contributed by atoms with Gasteiger partial charge in [0.1, 0.15) is 6.04 Å². The van der Waals surface area contributed by atoms with Crippen molar-refractivity contribution in [1.29, 1.82) is 0 Å². The average Bonchev–Trinajstić information content (AvgIpc) is 3.27. The molecule has 7 nitrogen and oxygen atoms in total. The molecule has 0 radical (unpaired) electrons. The maximum atomic E-state index is 12.1. The molecule has 8 heteroatoms. The first-order chi connectivity index (χ1) is 12.2. The van der Waals surface area contributed by atoms with Gasteiger partial charge in [-0.15, -0.1) is 0 Å². The van der Waals surface area contributed by atoms with Gasteiger partial charge in [0.15, 0.2) is 5.17 Å². The number of rotatable bonds is 5. The molecule has 2 heterocycles. The fourth-order valence-corrected chi connectivity index (χ4v) is 3.15. The lowest BCUT2D eigenvalue weighted by Gasteiger charge is -2.14. The Morgan fingerprint density at radius 2 is 2.24 bits per heavy atom. The van der Waals surface area contributed by atoms with Crippen molar-refractivity contribution in [2.75, 3.05) is 18.9 Å². The van der Waals surface area contributed by atoms with Gasteiger partial charge >= 0.3 is 0 Å². The lowest BCUT2D eigenvalue weighted by Crippen LogP contribution is -2.49. The molecule has 1 aromatic carbocycles. The van der Waals surface area contributed by atoms with Crippen LogP contribution in [0.1, 0.15) is 5.56 Å². The predicted octanol–water partition coefficient (Wildman–Crippen LogP) is 0.877. The maximum Gasteiger partial charge on any atom is 0.250 e. The minimum Gasteiger partial charge on any atom is -0.394 e. The molecule has 2 amide bonds. The number of amidine groups is 1. The molecule has 1 aliphatic rings. The quantitative estimate of drug-likeness (QED) is 0.595. The molecule has 0 aliphatic carbocycles. The lowest BCUT2D eigenvalue weighted by molar-refractivity contribution is -0.127. The SMILES string of the molecule is O=C(C=Cc1c[nH]c2ccccc12)N[C@@H](CO)C(=O)NC1=NCCS1. The number of benzene rings is 1. The first-order valence-electron chi connectivity index (χ1n) is 7.81. The number of carbonyl (C=O) groups is 2. The predicted molar refractivity (Wildman–Crippen MR) is 99.3 cm³/mol. The third-order valence-corrected chi connectivity index (χ3v) is 4.56. The number of fused-ring (bicyclic) bond motifs is 1. The summed E-state index contributed by atoms with van der Waals surface area (Å²) in [5.74, 6) is -0.121. The summed E-state index contributed by atoms with van der Waals surface area (Å²) in [6, 6.07) is 6.72. The molecule has 130 valence electrons. The minimum absolute atomic E-state index is 0.458. The highest BCUT2D eigenvalue weighted by molar-refractivity contribution is 8.14. The zero-order valence-corrected chi connectivity index (χ0v) is 14.2. The Labute approximate surface area is 148 Å². The van der Waals surface area contributed by atoms with Crippen LogP contribution >= 0.6 is 11.8 Å². The average molecular weight is 358 g/mol. The van der Waals surface area contributed by atoms with Crippen molar-refractivity contribution < 1.29 is 14.7 Å². The van der Waals surface area contributed by atoms with E-state index in [0.29, 0.717) is 11.7 Å². The van der Waals surface area contributed by atoms with Crippen LogP contribution in [0, 0.1) is 0 Å². The second-order valence-corrected chi connectivity index (χ2v) is 6.47. The number of aromatic nitrogens is 1. The number of H-pyrrole nitrogens is 1. The van der Waals surface area contributed by atoms with Gasteiger partial charge in [-0.05, 0) is 17.7 Å². The normalized spacial score (nSPS) is 15.3. The molecule has 2 aromatic rings. The number of aliphatic hydroxyl groups excluding tert-OH is 1. The van der Waals surface area contributed by atoms with Crippen LogP contribution in [0.3, 0.4) is 0 Å². The van der Waals surface area contributed by atoms with E-state index in [9.17, 15) is 14.7 Å². The number of hydrogen-bond acceptors (Lipinski definition) is 5. The molecular formula is C17H18N4O3S. The largest absolute Gasteiger partial charge is 0.394 e. The van der Waals surface area contributed by atoms with Crippen molar-refractivity contribution in [3.8, 4) is 0 Å². The maximum absolute atomic E-state index is 12.1. The summed E-state index contributed by atoms with van der Waals surface area (Å²) in [5.41, 5.74) is 1.84. The molecule has 1 aromatic heterocycles. The molecule has 3 rings (SSSR count). The number of nitrogens with zero attached hydrogens (tertiary/aromatic N) is 1. The Bertz CT molecular complexity index is 843. The minimum atomic E-state index is -1.02. The van der Waals surface area contributed by atoms with E-state index < -0.39 is 24.5 Å². The Kier molecular flexibility index (Phi) is 5.52. The second-order valence-electron chi connectivity index (χ2n) is 5.39. The third kappa shape index (κ3) is 4.28. The number of aromatic amines is 1. The highest BCUT2D eigenvalue weighted by Gasteiger charge is 2.21. The van der Waals surface area contributed by atoms with Gasteiger partial charge in [0.05, 0.1) is 13.2 Å². The molecule has 0 bridgehead atoms. The summed E-state index contributed by atoms with van der Waals surface area (Å²) in [4.78, 5) is 31.3. The molecule has 0 fully saturated rings. The van der Waals surface area contributed by atoms with E-state index in [4.69, 9.17) is 0 Å². The molecule has 1 atom stereocenters. The number of aliphatic imine (C=N–C) groups is 1. The monoisotopic (exact) mass is 358 g/mol. The topological polar surface area (TPSA) is 107 Å². The Morgan fingerprint density at radius 3 is 3.00 bits per heavy atom. The van der Waals surface area contributed by atoms with E-state index in [0.717, 1.165) is 22.2 Å². The fourth-order valence-electron chi connectivity index (χ4n) is 2.41. The number of hydrogen-bond donors (Lipinski definition) is 4. The lowest BCUT2D eigenvalue weighted by atomic mass is 10.1. The van der Waals surface area contributed by atoms with Gasteiger partial charge < -0.3 is 20.7 Å². The second kappa shape index (κ2) is 8.00. The summed E-state index contributed by atoms with van der Waals surface area (Å²) in [5, 5.41) is 16.0. The standard InChI is InChI=1S/C17H18N4O3S/c22-10-14(16(24)21-17-18-7-8-25-17)20-15(23)6-5-11-9-19-13-4-2-1-3-12(11)13/h1-6,9,14,19,22H,7-8,10H2,(H,20,23)(H,18,21,24)/t14-/m0/s1. The number of amides is 2. The number of carbonyl (C=O) groups excluding carboxylic acids is 2. The number of para-hydroxylation sites is 1. The van der Waals surface area contributed by atoms with Crippen molar-refractivity contribution in [2.24, 2.45) is 4.99 Å². The molecule has 0 spiro atoms. The van der Waals surface area contributed by atoms with E-state index in [-0.39, 0.29) is 0 Å². The van der Waals surface area contributed by atoms with Crippen molar-refractivity contribution >= 4 is 45.7 Å². The van der Waals surface area contributed by atoms with Crippen molar-refractivity contribution in [3.05, 3.63) is 42.1 Å². The van der Waals surface area contributed by atoms with Gasteiger partial charge in [-0.25, -0.2) is 0 Å². The first kappa shape index (κ1) is 17.2. The van der Waals surface area contributed by atoms with Crippen LogP contribution in [0.2, 0.25) is 0 Å². The summed E-state index contributed by atoms with van der Waals surface area (Å²) in [6.45, 7) is 0.167. The van der Waals surface area contributed by atoms with E-state index in [1.54, 1.807) is 12.3 Å². The zero-order valence-electron chi connectivity index (χ0n) is 13.4. The van der Waals surface area contributed by atoms with Crippen LogP contribution in [0.25, 0.3) is 17.0 Å². The summed E-state index contributed by atoms with van der Waals surface area (Å²) in [7, 11) is 0. The molecule has 0 saturated carbocycles. The molecular weight excluding hydrogens is 340 g/mol. The van der Waals surface area contributed by atoms with Crippen molar-refractivity contribution in [1.82, 2.24) is 15.6 Å². The Balaban J connectivity index is 1.61. The van der Waals surface area contributed by atoms with Crippen LogP contribution in [0.4, 0.5) is 0 Å². The summed E-state index contributed by atoms with van der Waals surface area (Å²) < 4.78 is 0. The van der Waals surface area contributed by atoms with E-state index in [2.05, 4.69) is 20.6 Å². The van der Waals surface area contributed by atoms with Crippen LogP contribution in [-0.4, -0.2) is 52.0 Å². The van der Waals surface area contributed by atoms with Crippen molar-refractivity contribution in [3.63, 3.8) is 0 Å². The third-order valence-electron chi connectivity index (χ3n) is 3.67. The highest BCUT2D eigenvalue weighted by atomic mass is 32.2. The molecule has 0 saturated heterocycles. The number of thioether (sulfide) groups is 1. The van der Waals surface area contributed by atoms with Crippen LogP contribution in [0.5, 0.6) is 0 Å². The van der Waals surface area contributed by atoms with Gasteiger partial charge in [0, 0.05) is 28.9 Å².